The summed E-state index contributed by atoms with van der Waals surface area (Å²) in [4.78, 5) is 4.18. The Kier molecular flexibility index (Phi) is 2.51. The van der Waals surface area contributed by atoms with Gasteiger partial charge in [0.2, 0.25) is 0 Å². The van der Waals surface area contributed by atoms with Gasteiger partial charge in [0.05, 0.1) is 12.4 Å². The number of nitrogens with zero attached hydrogens (tertiary/aromatic N) is 1. The zero-order valence-electron chi connectivity index (χ0n) is 5.51. The molecule has 0 unspecified atom stereocenters. The molecule has 0 saturated heterocycles. The Morgan fingerprint density at radius 1 is 1.44 bits per heavy atom. The molecule has 1 fully saturated rings. The average Bonchev–Trinajstić information content (AvgIpc) is 2.34. The van der Waals surface area contributed by atoms with Crippen molar-refractivity contribution < 1.29 is 0 Å². The second-order valence-corrected chi connectivity index (χ2v) is 2.38. The van der Waals surface area contributed by atoms with Crippen LogP contribution in [0, 0.1) is 0 Å². The summed E-state index contributed by atoms with van der Waals surface area (Å²) in [5.41, 5.74) is 2.40. The van der Waals surface area contributed by atoms with Crippen molar-refractivity contribution in [3.05, 3.63) is 0 Å². The SMILES string of the molecule is NNC=NC1CCCC1. The molecule has 1 aliphatic rings. The highest BCUT2D eigenvalue weighted by molar-refractivity contribution is 5.53. The largest absolute Gasteiger partial charge is 0.315 e. The molecule has 1 aliphatic carbocycles. The van der Waals surface area contributed by atoms with Crippen molar-refractivity contribution in [2.45, 2.75) is 31.7 Å². The van der Waals surface area contributed by atoms with Crippen LogP contribution in [0.2, 0.25) is 0 Å². The van der Waals surface area contributed by atoms with Crippen molar-refractivity contribution in [3.63, 3.8) is 0 Å². The first-order chi connectivity index (χ1) is 4.43. The number of rotatable bonds is 2. The smallest absolute Gasteiger partial charge is 0.0967 e. The summed E-state index contributed by atoms with van der Waals surface area (Å²) in [5, 5.41) is 0. The molecule has 1 saturated carbocycles. The summed E-state index contributed by atoms with van der Waals surface area (Å²) in [6.45, 7) is 0. The van der Waals surface area contributed by atoms with Gasteiger partial charge in [0, 0.05) is 0 Å². The third kappa shape index (κ3) is 2.01. The van der Waals surface area contributed by atoms with E-state index in [1.165, 1.54) is 25.7 Å². The second kappa shape index (κ2) is 3.45. The van der Waals surface area contributed by atoms with Gasteiger partial charge in [-0.25, -0.2) is 5.84 Å². The van der Waals surface area contributed by atoms with Gasteiger partial charge in [-0.15, -0.1) is 0 Å². The lowest BCUT2D eigenvalue weighted by Crippen LogP contribution is -2.20. The summed E-state index contributed by atoms with van der Waals surface area (Å²) in [6.07, 6.45) is 6.70. The van der Waals surface area contributed by atoms with Crippen LogP contribution in [0.4, 0.5) is 0 Å². The first-order valence-electron chi connectivity index (χ1n) is 3.41. The fourth-order valence-corrected chi connectivity index (χ4v) is 1.20. The molecule has 3 nitrogen and oxygen atoms in total. The number of hydrogen-bond acceptors (Lipinski definition) is 2. The number of hydrazine groups is 1. The Morgan fingerprint density at radius 3 is 2.67 bits per heavy atom. The highest BCUT2D eigenvalue weighted by atomic mass is 15.2. The molecule has 0 aliphatic heterocycles. The molecule has 0 aromatic rings. The van der Waals surface area contributed by atoms with E-state index in [4.69, 9.17) is 5.84 Å². The maximum absolute atomic E-state index is 5.01. The first-order valence-corrected chi connectivity index (χ1v) is 3.41. The summed E-state index contributed by atoms with van der Waals surface area (Å²) in [5.74, 6) is 5.01. The Bertz CT molecular complexity index is 94.5. The third-order valence-corrected chi connectivity index (χ3v) is 1.68. The highest BCUT2D eigenvalue weighted by Gasteiger charge is 2.11. The predicted molar refractivity (Wildman–Crippen MR) is 38.1 cm³/mol. The molecule has 0 spiro atoms. The monoisotopic (exact) mass is 127 g/mol. The van der Waals surface area contributed by atoms with E-state index in [0.717, 1.165) is 0 Å². The van der Waals surface area contributed by atoms with Crippen molar-refractivity contribution in [3.8, 4) is 0 Å². The van der Waals surface area contributed by atoms with Gasteiger partial charge >= 0.3 is 0 Å². The van der Waals surface area contributed by atoms with E-state index in [-0.39, 0.29) is 0 Å². The number of aliphatic imine (C=N–C) groups is 1. The van der Waals surface area contributed by atoms with Crippen LogP contribution in [-0.2, 0) is 0 Å². The van der Waals surface area contributed by atoms with E-state index in [1.54, 1.807) is 6.34 Å². The van der Waals surface area contributed by atoms with Crippen LogP contribution in [0.5, 0.6) is 0 Å². The molecule has 0 radical (unpaired) electrons. The van der Waals surface area contributed by atoms with Gasteiger partial charge < -0.3 is 5.43 Å². The predicted octanol–water partition coefficient (Wildman–Crippen LogP) is 0.421. The molecular formula is C6H13N3. The fraction of sp³-hybridized carbons (Fsp3) is 0.833. The Hall–Kier alpha value is -0.570. The lowest BCUT2D eigenvalue weighted by molar-refractivity contribution is 0.705. The van der Waals surface area contributed by atoms with Crippen molar-refractivity contribution in [2.75, 3.05) is 0 Å². The molecule has 52 valence electrons. The van der Waals surface area contributed by atoms with Crippen LogP contribution in [0.1, 0.15) is 25.7 Å². The Morgan fingerprint density at radius 2 is 2.11 bits per heavy atom. The van der Waals surface area contributed by atoms with Crippen LogP contribution in [-0.4, -0.2) is 12.4 Å². The van der Waals surface area contributed by atoms with Crippen LogP contribution in [0.3, 0.4) is 0 Å². The molecule has 9 heavy (non-hydrogen) atoms. The number of nitrogens with one attached hydrogen (secondary N) is 1. The second-order valence-electron chi connectivity index (χ2n) is 2.38. The Balaban J connectivity index is 2.18. The van der Waals surface area contributed by atoms with E-state index in [9.17, 15) is 0 Å². The quantitative estimate of drug-likeness (QED) is 0.244. The van der Waals surface area contributed by atoms with Crippen molar-refractivity contribution in [1.29, 1.82) is 0 Å². The maximum atomic E-state index is 5.01. The molecule has 0 heterocycles. The van der Waals surface area contributed by atoms with Gasteiger partial charge in [0.25, 0.3) is 0 Å². The van der Waals surface area contributed by atoms with E-state index >= 15 is 0 Å². The molecule has 0 aromatic heterocycles. The van der Waals surface area contributed by atoms with Gasteiger partial charge in [-0.1, -0.05) is 12.8 Å². The van der Waals surface area contributed by atoms with Crippen molar-refractivity contribution in [1.82, 2.24) is 5.43 Å². The summed E-state index contributed by atoms with van der Waals surface area (Å²) >= 11 is 0. The van der Waals surface area contributed by atoms with E-state index < -0.39 is 0 Å². The topological polar surface area (TPSA) is 50.4 Å². The van der Waals surface area contributed by atoms with Gasteiger partial charge in [-0.05, 0) is 12.8 Å². The molecule has 0 bridgehead atoms. The normalized spacial score (nSPS) is 21.4. The number of hydrogen-bond donors (Lipinski definition) is 2. The minimum Gasteiger partial charge on any atom is -0.315 e. The minimum atomic E-state index is 0.543. The molecular weight excluding hydrogens is 114 g/mol. The van der Waals surface area contributed by atoms with Crippen molar-refractivity contribution >= 4 is 6.34 Å². The Labute approximate surface area is 55.3 Å². The molecule has 0 aromatic carbocycles. The summed E-state index contributed by atoms with van der Waals surface area (Å²) in [7, 11) is 0. The molecule has 3 N–H and O–H groups in total. The minimum absolute atomic E-state index is 0.543. The summed E-state index contributed by atoms with van der Waals surface area (Å²) < 4.78 is 0. The zero-order chi connectivity index (χ0) is 6.53. The zero-order valence-corrected chi connectivity index (χ0v) is 5.51. The van der Waals surface area contributed by atoms with Gasteiger partial charge in [-0.2, -0.15) is 0 Å². The van der Waals surface area contributed by atoms with E-state index in [0.29, 0.717) is 6.04 Å². The van der Waals surface area contributed by atoms with Crippen LogP contribution in [0.15, 0.2) is 4.99 Å². The van der Waals surface area contributed by atoms with Crippen LogP contribution < -0.4 is 11.3 Å². The van der Waals surface area contributed by atoms with Crippen LogP contribution in [0.25, 0.3) is 0 Å². The standard InChI is InChI=1S/C6H13N3/c7-9-5-8-6-3-1-2-4-6/h5-6H,1-4,7H2,(H,8,9). The van der Waals surface area contributed by atoms with Gasteiger partial charge in [0.15, 0.2) is 0 Å². The lowest BCUT2D eigenvalue weighted by Gasteiger charge is -1.98. The third-order valence-electron chi connectivity index (χ3n) is 1.68. The molecule has 0 amide bonds. The number of nitrogens with two attached hydrogens (primary N) is 1. The molecule has 3 heteroatoms. The molecule has 1 rings (SSSR count). The van der Waals surface area contributed by atoms with Gasteiger partial charge in [0.1, 0.15) is 0 Å². The molecule has 0 atom stereocenters. The fourth-order valence-electron chi connectivity index (χ4n) is 1.20. The first kappa shape index (κ1) is 6.55. The van der Waals surface area contributed by atoms with Gasteiger partial charge in [-0.3, -0.25) is 4.99 Å². The summed E-state index contributed by atoms with van der Waals surface area (Å²) in [6, 6.07) is 0.543. The highest BCUT2D eigenvalue weighted by Crippen LogP contribution is 2.19. The van der Waals surface area contributed by atoms with E-state index in [1.807, 2.05) is 0 Å². The van der Waals surface area contributed by atoms with Crippen molar-refractivity contribution in [2.24, 2.45) is 10.8 Å². The van der Waals surface area contributed by atoms with Crippen LogP contribution >= 0.6 is 0 Å². The average molecular weight is 127 g/mol. The van der Waals surface area contributed by atoms with E-state index in [2.05, 4.69) is 10.4 Å². The maximum Gasteiger partial charge on any atom is 0.0967 e. The lowest BCUT2D eigenvalue weighted by atomic mass is 10.3.